The van der Waals surface area contributed by atoms with Gasteiger partial charge in [0.1, 0.15) is 5.82 Å². The average molecular weight is 262 g/mol. The molecule has 102 valence electrons. The Balaban J connectivity index is 1.88. The Morgan fingerprint density at radius 1 is 1.16 bits per heavy atom. The first-order valence-corrected chi connectivity index (χ1v) is 7.01. The van der Waals surface area contributed by atoms with Gasteiger partial charge in [-0.25, -0.2) is 4.39 Å². The summed E-state index contributed by atoms with van der Waals surface area (Å²) in [4.78, 5) is 12.7. The molecule has 3 heteroatoms. The second-order valence-corrected chi connectivity index (χ2v) is 5.90. The smallest absolute Gasteiger partial charge is 0.166 e. The Bertz CT molecular complexity index is 488. The lowest BCUT2D eigenvalue weighted by Crippen LogP contribution is -2.30. The number of hydrogen-bond donors (Lipinski definition) is 0. The Morgan fingerprint density at radius 3 is 2.21 bits per heavy atom. The number of rotatable bonds is 2. The zero-order valence-corrected chi connectivity index (χ0v) is 11.4. The lowest BCUT2D eigenvalue weighted by atomic mass is 9.85. The van der Waals surface area contributed by atoms with Gasteiger partial charge in [-0.05, 0) is 62.8 Å². The molecule has 0 N–H and O–H groups in total. The van der Waals surface area contributed by atoms with E-state index in [1.807, 2.05) is 13.8 Å². The van der Waals surface area contributed by atoms with Crippen molar-refractivity contribution in [3.63, 3.8) is 0 Å². The highest BCUT2D eigenvalue weighted by atomic mass is 19.1. The first kappa shape index (κ1) is 12.8. The van der Waals surface area contributed by atoms with Gasteiger partial charge in [0.15, 0.2) is 5.78 Å². The van der Waals surface area contributed by atoms with E-state index in [0.717, 1.165) is 36.8 Å². The van der Waals surface area contributed by atoms with Crippen molar-refractivity contribution in [2.24, 2.45) is 5.92 Å². The van der Waals surface area contributed by atoms with Crippen LogP contribution in [0.25, 0.3) is 0 Å². The molecule has 2 nitrogen and oxygen atoms in total. The van der Waals surface area contributed by atoms with Crippen LogP contribution in [0.2, 0.25) is 0 Å². The molecule has 0 radical (unpaired) electrons. The Hall–Kier alpha value is -1.22. The van der Waals surface area contributed by atoms with Crippen molar-refractivity contribution in [1.82, 2.24) is 0 Å². The van der Waals surface area contributed by atoms with Crippen LogP contribution in [0.4, 0.5) is 4.39 Å². The molecule has 2 fully saturated rings. The lowest BCUT2D eigenvalue weighted by Gasteiger charge is -2.28. The third-order valence-corrected chi connectivity index (χ3v) is 4.40. The molecule has 3 rings (SSSR count). The van der Waals surface area contributed by atoms with E-state index in [4.69, 9.17) is 4.74 Å². The highest BCUT2D eigenvalue weighted by Crippen LogP contribution is 2.38. The Kier molecular flexibility index (Phi) is 3.17. The van der Waals surface area contributed by atoms with Crippen molar-refractivity contribution in [2.45, 2.75) is 51.7 Å². The fraction of sp³-hybridized carbons (Fsp3) is 0.562. The molecule has 2 atom stereocenters. The van der Waals surface area contributed by atoms with Crippen molar-refractivity contribution < 1.29 is 13.9 Å². The SMILES string of the molecule is Cc1cc(F)cc(C)c1C(=O)C1CC2CCC(C1)O2. The molecule has 0 spiro atoms. The van der Waals surface area contributed by atoms with Gasteiger partial charge >= 0.3 is 0 Å². The number of ether oxygens (including phenoxy) is 1. The van der Waals surface area contributed by atoms with Gasteiger partial charge in [0.05, 0.1) is 12.2 Å². The van der Waals surface area contributed by atoms with Gasteiger partial charge in [0.25, 0.3) is 0 Å². The maximum absolute atomic E-state index is 13.3. The largest absolute Gasteiger partial charge is 0.375 e. The van der Waals surface area contributed by atoms with Crippen LogP contribution in [0, 0.1) is 25.6 Å². The Morgan fingerprint density at radius 2 is 1.68 bits per heavy atom. The average Bonchev–Trinajstić information content (AvgIpc) is 2.66. The summed E-state index contributed by atoms with van der Waals surface area (Å²) in [6, 6.07) is 2.91. The number of ketones is 1. The van der Waals surface area contributed by atoms with Crippen LogP contribution in [-0.4, -0.2) is 18.0 Å². The number of fused-ring (bicyclic) bond motifs is 2. The van der Waals surface area contributed by atoms with E-state index in [1.54, 1.807) is 0 Å². The third kappa shape index (κ3) is 2.32. The van der Waals surface area contributed by atoms with Crippen molar-refractivity contribution in [2.75, 3.05) is 0 Å². The maximum Gasteiger partial charge on any atom is 0.166 e. The fourth-order valence-electron chi connectivity index (χ4n) is 3.58. The molecule has 19 heavy (non-hydrogen) atoms. The van der Waals surface area contributed by atoms with E-state index in [1.165, 1.54) is 12.1 Å². The van der Waals surface area contributed by atoms with Crippen LogP contribution in [0.3, 0.4) is 0 Å². The predicted molar refractivity (Wildman–Crippen MR) is 70.8 cm³/mol. The molecule has 0 saturated carbocycles. The van der Waals surface area contributed by atoms with Crippen molar-refractivity contribution in [3.05, 3.63) is 34.6 Å². The number of carbonyl (C=O) groups excluding carboxylic acids is 1. The van der Waals surface area contributed by atoms with Crippen LogP contribution in [-0.2, 0) is 4.74 Å². The van der Waals surface area contributed by atoms with Gasteiger partial charge in [0, 0.05) is 11.5 Å². The van der Waals surface area contributed by atoms with Crippen LogP contribution in [0.1, 0.15) is 47.2 Å². The van der Waals surface area contributed by atoms with Gasteiger partial charge in [-0.1, -0.05) is 0 Å². The number of Topliss-reactive ketones (excluding diaryl/α,β-unsaturated/α-hetero) is 1. The molecule has 0 aliphatic carbocycles. The molecule has 2 heterocycles. The summed E-state index contributed by atoms with van der Waals surface area (Å²) in [5.74, 6) is -0.0390. The standard InChI is InChI=1S/C16H19FO2/c1-9-5-12(17)6-10(2)15(9)16(18)11-7-13-3-4-14(8-11)19-13/h5-6,11,13-14H,3-4,7-8H2,1-2H3. The van der Waals surface area contributed by atoms with E-state index in [-0.39, 0.29) is 29.7 Å². The van der Waals surface area contributed by atoms with Gasteiger partial charge in [0.2, 0.25) is 0 Å². The summed E-state index contributed by atoms with van der Waals surface area (Å²) in [6.45, 7) is 3.63. The molecule has 0 amide bonds. The summed E-state index contributed by atoms with van der Waals surface area (Å²) >= 11 is 0. The van der Waals surface area contributed by atoms with Gasteiger partial charge in [-0.3, -0.25) is 4.79 Å². The third-order valence-electron chi connectivity index (χ3n) is 4.40. The summed E-state index contributed by atoms with van der Waals surface area (Å²) in [5, 5.41) is 0. The summed E-state index contributed by atoms with van der Waals surface area (Å²) in [6.07, 6.45) is 4.32. The quantitative estimate of drug-likeness (QED) is 0.761. The number of carbonyl (C=O) groups is 1. The van der Waals surface area contributed by atoms with E-state index in [9.17, 15) is 9.18 Å². The summed E-state index contributed by atoms with van der Waals surface area (Å²) in [5.41, 5.74) is 2.22. The summed E-state index contributed by atoms with van der Waals surface area (Å²) < 4.78 is 19.1. The minimum absolute atomic E-state index is 0.0501. The molecular formula is C16H19FO2. The van der Waals surface area contributed by atoms with Gasteiger partial charge in [-0.15, -0.1) is 0 Å². The molecule has 2 saturated heterocycles. The predicted octanol–water partition coefficient (Wildman–Crippen LogP) is 3.58. The topological polar surface area (TPSA) is 26.3 Å². The van der Waals surface area contributed by atoms with Gasteiger partial charge < -0.3 is 4.74 Å². The normalized spacial score (nSPS) is 29.5. The van der Waals surface area contributed by atoms with Crippen molar-refractivity contribution >= 4 is 5.78 Å². The molecule has 1 aromatic carbocycles. The Labute approximate surface area is 113 Å². The molecule has 0 aromatic heterocycles. The highest BCUT2D eigenvalue weighted by molar-refractivity contribution is 6.00. The van der Waals surface area contributed by atoms with Crippen LogP contribution >= 0.6 is 0 Å². The molecule has 2 aliphatic rings. The fourth-order valence-corrected chi connectivity index (χ4v) is 3.58. The van der Waals surface area contributed by atoms with E-state index in [0.29, 0.717) is 5.56 Å². The minimum atomic E-state index is -0.265. The highest BCUT2D eigenvalue weighted by Gasteiger charge is 2.38. The van der Waals surface area contributed by atoms with Crippen LogP contribution in [0.15, 0.2) is 12.1 Å². The lowest BCUT2D eigenvalue weighted by molar-refractivity contribution is -0.0149. The number of benzene rings is 1. The molecule has 2 aliphatic heterocycles. The van der Waals surface area contributed by atoms with Crippen molar-refractivity contribution in [1.29, 1.82) is 0 Å². The number of hydrogen-bond acceptors (Lipinski definition) is 2. The first-order chi connectivity index (χ1) is 9.04. The second-order valence-electron chi connectivity index (χ2n) is 5.90. The summed E-state index contributed by atoms with van der Waals surface area (Å²) in [7, 11) is 0. The van der Waals surface area contributed by atoms with Gasteiger partial charge in [-0.2, -0.15) is 0 Å². The second kappa shape index (κ2) is 4.71. The van der Waals surface area contributed by atoms with Crippen molar-refractivity contribution in [3.8, 4) is 0 Å². The van der Waals surface area contributed by atoms with Crippen LogP contribution in [0.5, 0.6) is 0 Å². The zero-order valence-electron chi connectivity index (χ0n) is 11.4. The van der Waals surface area contributed by atoms with E-state index >= 15 is 0 Å². The number of halogens is 1. The maximum atomic E-state index is 13.3. The van der Waals surface area contributed by atoms with E-state index < -0.39 is 0 Å². The molecule has 2 bridgehead atoms. The van der Waals surface area contributed by atoms with E-state index in [2.05, 4.69) is 0 Å². The zero-order chi connectivity index (χ0) is 13.6. The van der Waals surface area contributed by atoms with Crippen LogP contribution < -0.4 is 0 Å². The monoisotopic (exact) mass is 262 g/mol. The minimum Gasteiger partial charge on any atom is -0.375 e. The first-order valence-electron chi connectivity index (χ1n) is 7.01. The molecule has 1 aromatic rings. The number of aryl methyl sites for hydroxylation is 2. The molecular weight excluding hydrogens is 243 g/mol. The molecule has 2 unspecified atom stereocenters.